The molecule has 0 atom stereocenters. The van der Waals surface area contributed by atoms with Gasteiger partial charge in [-0.25, -0.2) is 9.67 Å². The zero-order chi connectivity index (χ0) is 22.0. The fourth-order valence-corrected chi connectivity index (χ4v) is 3.94. The minimum Gasteiger partial charge on any atom is -0.393 e. The zero-order valence-corrected chi connectivity index (χ0v) is 17.9. The number of halogens is 1. The monoisotopic (exact) mass is 435 g/mol. The van der Waals surface area contributed by atoms with Crippen LogP contribution in [-0.2, 0) is 6.42 Å². The van der Waals surface area contributed by atoms with Crippen molar-refractivity contribution in [2.45, 2.75) is 32.3 Å². The number of benzene rings is 1. The summed E-state index contributed by atoms with van der Waals surface area (Å²) in [5.41, 5.74) is 3.22. The molecule has 158 valence electrons. The van der Waals surface area contributed by atoms with Crippen molar-refractivity contribution < 1.29 is 9.90 Å². The average Bonchev–Trinajstić information content (AvgIpc) is 3.16. The Morgan fingerprint density at radius 1 is 1.26 bits per heavy atom. The third kappa shape index (κ3) is 4.46. The zero-order valence-electron chi connectivity index (χ0n) is 17.1. The van der Waals surface area contributed by atoms with Gasteiger partial charge in [0.15, 0.2) is 5.78 Å². The molecule has 0 radical (unpaired) electrons. The molecule has 2 aromatic heterocycles. The molecule has 1 saturated heterocycles. The molecule has 1 aliphatic rings. The number of nitrogens with zero attached hydrogens (tertiary/aromatic N) is 5. The summed E-state index contributed by atoms with van der Waals surface area (Å²) < 4.78 is 1.70. The van der Waals surface area contributed by atoms with Gasteiger partial charge in [0, 0.05) is 30.7 Å². The van der Waals surface area contributed by atoms with Gasteiger partial charge in [-0.05, 0) is 55.7 Å². The maximum Gasteiger partial charge on any atom is 0.170 e. The summed E-state index contributed by atoms with van der Waals surface area (Å²) in [4.78, 5) is 19.4. The van der Waals surface area contributed by atoms with Gasteiger partial charge in [-0.2, -0.15) is 10.4 Å². The number of nitriles is 1. The maximum absolute atomic E-state index is 12.9. The van der Waals surface area contributed by atoms with E-state index in [0.717, 1.165) is 11.4 Å². The lowest BCUT2D eigenvalue weighted by Crippen LogP contribution is -2.36. The van der Waals surface area contributed by atoms with Crippen LogP contribution in [-0.4, -0.2) is 44.8 Å². The van der Waals surface area contributed by atoms with Gasteiger partial charge >= 0.3 is 0 Å². The SMILES string of the molecule is Cc1c(C(=O)Cc2cnc(N3CCC(O)CC3)c(C#N)c2)cnn1-c1ccc(Cl)cc1. The first-order valence-electron chi connectivity index (χ1n) is 10.1. The van der Waals surface area contributed by atoms with Crippen molar-refractivity contribution in [3.8, 4) is 11.8 Å². The average molecular weight is 436 g/mol. The molecule has 3 heterocycles. The van der Waals surface area contributed by atoms with Crippen molar-refractivity contribution in [2.75, 3.05) is 18.0 Å². The van der Waals surface area contributed by atoms with Crippen LogP contribution in [0.1, 0.15) is 40.0 Å². The second-order valence-corrected chi connectivity index (χ2v) is 8.11. The van der Waals surface area contributed by atoms with E-state index >= 15 is 0 Å². The van der Waals surface area contributed by atoms with Crippen molar-refractivity contribution in [3.63, 3.8) is 0 Å². The Balaban J connectivity index is 1.52. The normalized spacial score (nSPS) is 14.5. The molecule has 0 bridgehead atoms. The highest BCUT2D eigenvalue weighted by atomic mass is 35.5. The Labute approximate surface area is 185 Å². The van der Waals surface area contributed by atoms with E-state index in [1.807, 2.05) is 24.0 Å². The van der Waals surface area contributed by atoms with E-state index in [-0.39, 0.29) is 18.3 Å². The quantitative estimate of drug-likeness (QED) is 0.616. The summed E-state index contributed by atoms with van der Waals surface area (Å²) in [5.74, 6) is 0.523. The maximum atomic E-state index is 12.9. The Morgan fingerprint density at radius 3 is 2.65 bits per heavy atom. The number of hydrogen-bond donors (Lipinski definition) is 1. The lowest BCUT2D eigenvalue weighted by atomic mass is 10.0. The van der Waals surface area contributed by atoms with Gasteiger partial charge in [0.25, 0.3) is 0 Å². The number of hydrogen-bond acceptors (Lipinski definition) is 6. The molecule has 1 fully saturated rings. The lowest BCUT2D eigenvalue weighted by Gasteiger charge is -2.31. The van der Waals surface area contributed by atoms with E-state index in [2.05, 4.69) is 16.2 Å². The molecule has 0 unspecified atom stereocenters. The fraction of sp³-hybridized carbons (Fsp3) is 0.304. The van der Waals surface area contributed by atoms with Gasteiger partial charge in [-0.1, -0.05) is 11.6 Å². The number of piperidine rings is 1. The minimum atomic E-state index is -0.296. The number of anilines is 1. The first-order valence-corrected chi connectivity index (χ1v) is 10.5. The standard InChI is InChI=1S/C23H22ClN5O2/c1-15-21(14-27-29(15)19-4-2-18(24)3-5-19)22(31)11-16-10-17(12-25)23(26-13-16)28-8-6-20(30)7-9-28/h2-5,10,13-14,20,30H,6-9,11H2,1H3. The molecule has 3 aromatic rings. The van der Waals surface area contributed by atoms with Gasteiger partial charge in [-0.15, -0.1) is 0 Å². The molecule has 4 rings (SSSR count). The van der Waals surface area contributed by atoms with Gasteiger partial charge in [0.1, 0.15) is 11.9 Å². The molecular weight excluding hydrogens is 414 g/mol. The van der Waals surface area contributed by atoms with Crippen molar-refractivity contribution in [1.29, 1.82) is 5.26 Å². The summed E-state index contributed by atoms with van der Waals surface area (Å²) in [7, 11) is 0. The van der Waals surface area contributed by atoms with Crippen molar-refractivity contribution in [2.24, 2.45) is 0 Å². The molecule has 0 amide bonds. The second-order valence-electron chi connectivity index (χ2n) is 7.68. The number of ketones is 1. The largest absolute Gasteiger partial charge is 0.393 e. The molecule has 0 aliphatic carbocycles. The number of pyridine rings is 1. The van der Waals surface area contributed by atoms with Crippen LogP contribution in [0.15, 0.2) is 42.7 Å². The Morgan fingerprint density at radius 2 is 1.97 bits per heavy atom. The number of aliphatic hydroxyl groups is 1. The summed E-state index contributed by atoms with van der Waals surface area (Å²) in [6.45, 7) is 3.16. The van der Waals surface area contributed by atoms with Crippen molar-refractivity contribution in [1.82, 2.24) is 14.8 Å². The molecule has 1 aromatic carbocycles. The summed E-state index contributed by atoms with van der Waals surface area (Å²) in [6.07, 6.45) is 4.37. The Kier molecular flexibility index (Phi) is 6.03. The molecule has 7 nitrogen and oxygen atoms in total. The van der Waals surface area contributed by atoms with Gasteiger partial charge in [-0.3, -0.25) is 4.79 Å². The number of carbonyl (C=O) groups is 1. The van der Waals surface area contributed by atoms with Crippen LogP contribution in [0.25, 0.3) is 5.69 Å². The summed E-state index contributed by atoms with van der Waals surface area (Å²) in [6, 6.07) is 11.2. The van der Waals surface area contributed by atoms with Crippen LogP contribution in [0.5, 0.6) is 0 Å². The third-order valence-electron chi connectivity index (χ3n) is 5.55. The predicted octanol–water partition coefficient (Wildman–Crippen LogP) is 3.49. The van der Waals surface area contributed by atoms with Crippen molar-refractivity contribution >= 4 is 23.2 Å². The summed E-state index contributed by atoms with van der Waals surface area (Å²) >= 11 is 5.95. The number of carbonyl (C=O) groups excluding carboxylic acids is 1. The van der Waals surface area contributed by atoms with Crippen LogP contribution < -0.4 is 4.90 Å². The van der Waals surface area contributed by atoms with E-state index in [1.165, 1.54) is 0 Å². The van der Waals surface area contributed by atoms with E-state index < -0.39 is 0 Å². The highest BCUT2D eigenvalue weighted by Crippen LogP contribution is 2.24. The molecule has 1 N–H and O–H groups in total. The molecule has 0 spiro atoms. The first-order chi connectivity index (χ1) is 15.0. The number of aromatic nitrogens is 3. The summed E-state index contributed by atoms with van der Waals surface area (Å²) in [5, 5.41) is 24.3. The number of Topliss-reactive ketones (excluding diaryl/α,β-unsaturated/α-hetero) is 1. The van der Waals surface area contributed by atoms with Crippen LogP contribution in [0.2, 0.25) is 5.02 Å². The van der Waals surface area contributed by atoms with Crippen LogP contribution in [0.4, 0.5) is 5.82 Å². The van der Waals surface area contributed by atoms with Crippen LogP contribution >= 0.6 is 11.6 Å². The van der Waals surface area contributed by atoms with E-state index in [0.29, 0.717) is 53.5 Å². The smallest absolute Gasteiger partial charge is 0.170 e. The molecule has 31 heavy (non-hydrogen) atoms. The second kappa shape index (κ2) is 8.88. The van der Waals surface area contributed by atoms with Crippen molar-refractivity contribution in [3.05, 3.63) is 70.1 Å². The Hall–Kier alpha value is -3.21. The molecule has 0 saturated carbocycles. The Bertz CT molecular complexity index is 1140. The van der Waals surface area contributed by atoms with Crippen LogP contribution in [0.3, 0.4) is 0 Å². The lowest BCUT2D eigenvalue weighted by molar-refractivity contribution is 0.0992. The van der Waals surface area contributed by atoms with E-state index in [4.69, 9.17) is 11.6 Å². The third-order valence-corrected chi connectivity index (χ3v) is 5.81. The van der Waals surface area contributed by atoms with Gasteiger partial charge in [0.05, 0.1) is 34.8 Å². The molecular formula is C23H22ClN5O2. The minimum absolute atomic E-state index is 0.0859. The number of aliphatic hydroxyl groups excluding tert-OH is 1. The number of rotatable bonds is 5. The fourth-order valence-electron chi connectivity index (χ4n) is 3.82. The topological polar surface area (TPSA) is 95.0 Å². The van der Waals surface area contributed by atoms with Crippen LogP contribution in [0, 0.1) is 18.3 Å². The predicted molar refractivity (Wildman–Crippen MR) is 118 cm³/mol. The van der Waals surface area contributed by atoms with E-state index in [1.54, 1.807) is 35.3 Å². The van der Waals surface area contributed by atoms with E-state index in [9.17, 15) is 15.2 Å². The van der Waals surface area contributed by atoms with Gasteiger partial charge in [0.2, 0.25) is 0 Å². The highest BCUT2D eigenvalue weighted by Gasteiger charge is 2.22. The van der Waals surface area contributed by atoms with Gasteiger partial charge < -0.3 is 10.0 Å². The first kappa shape index (κ1) is 21.0. The molecule has 8 heteroatoms. The molecule has 1 aliphatic heterocycles. The highest BCUT2D eigenvalue weighted by molar-refractivity contribution is 6.30.